The van der Waals surface area contributed by atoms with Crippen molar-refractivity contribution in [3.8, 4) is 16.2 Å². The van der Waals surface area contributed by atoms with Crippen molar-refractivity contribution in [2.24, 2.45) is 11.3 Å². The molecule has 17 heteroatoms. The molecule has 2 saturated heterocycles. The lowest BCUT2D eigenvalue weighted by Crippen LogP contribution is -2.58. The lowest BCUT2D eigenvalue weighted by Gasteiger charge is -2.35. The Kier molecular flexibility index (Phi) is 17.9. The van der Waals surface area contributed by atoms with Crippen LogP contribution >= 0.6 is 23.6 Å². The number of amides is 4. The van der Waals surface area contributed by atoms with Crippen LogP contribution in [0.5, 0.6) is 5.75 Å². The van der Waals surface area contributed by atoms with Crippen molar-refractivity contribution >= 4 is 69.4 Å². The highest BCUT2D eigenvalue weighted by Gasteiger charge is 2.50. The van der Waals surface area contributed by atoms with Crippen molar-refractivity contribution in [1.82, 2.24) is 20.5 Å². The lowest BCUT2D eigenvalue weighted by molar-refractivity contribution is -0.144. The third-order valence-corrected chi connectivity index (χ3v) is 14.0. The predicted octanol–water partition coefficient (Wildman–Crippen LogP) is 9.65. The maximum atomic E-state index is 15.3. The smallest absolute Gasteiger partial charge is 0.259 e. The van der Waals surface area contributed by atoms with E-state index < -0.39 is 34.8 Å². The van der Waals surface area contributed by atoms with Crippen LogP contribution in [0.2, 0.25) is 0 Å². The van der Waals surface area contributed by atoms with Crippen molar-refractivity contribution in [1.29, 1.82) is 0 Å². The number of hydrogen-bond acceptors (Lipinski definition) is 10. The van der Waals surface area contributed by atoms with Crippen molar-refractivity contribution < 1.29 is 37.8 Å². The summed E-state index contributed by atoms with van der Waals surface area (Å²) >= 11 is 7.33. The van der Waals surface area contributed by atoms with E-state index >= 15 is 4.39 Å². The average molecular weight is 996 g/mol. The number of benzene rings is 3. The Bertz CT molecular complexity index is 2570. The second-order valence-corrected chi connectivity index (χ2v) is 21.0. The summed E-state index contributed by atoms with van der Waals surface area (Å²) in [5.74, 6) is -1.53. The molecular weight excluding hydrogens is 930 g/mol. The van der Waals surface area contributed by atoms with Gasteiger partial charge in [0.15, 0.2) is 22.4 Å². The number of thiazole rings is 1. The standard InChI is InChI=1S/C53H66FN7O7S2/c1-33-27-43(48(63)57-35(3)37-15-17-38(18-16-37)46-36(4)56-32-70-46)59(30-33)49(64)47(52(5,6)7)58-45(62)31-67-25-12-11-23-66-24-13-14-26-68-44-22-20-40(29-41(44)54)61-51(69)60(50(65)53(61,8)9)39-19-21-42(55-10)34(2)28-39/h15-22,28-29,32-33,35,43,47H,11-14,23-27,30-31H2,1-9H3,(H,57,63)(H,58,62)/t33-,35+,43+,47-/m1/s1. The number of nitrogens with one attached hydrogen (secondary N) is 2. The van der Waals surface area contributed by atoms with Crippen LogP contribution in [0.3, 0.4) is 0 Å². The molecule has 0 unspecified atom stereocenters. The van der Waals surface area contributed by atoms with Gasteiger partial charge in [0, 0.05) is 43.8 Å². The van der Waals surface area contributed by atoms with Gasteiger partial charge in [0.2, 0.25) is 17.7 Å². The lowest BCUT2D eigenvalue weighted by atomic mass is 9.85. The molecular formula is C53H66FN7O7S2. The Balaban J connectivity index is 0.861. The van der Waals surface area contributed by atoms with Crippen LogP contribution in [0.25, 0.3) is 15.3 Å². The minimum absolute atomic E-state index is 0.0943. The first kappa shape index (κ1) is 53.5. The third kappa shape index (κ3) is 12.7. The number of aryl methyl sites for hydroxylation is 2. The molecule has 0 bridgehead atoms. The molecule has 0 aliphatic carbocycles. The van der Waals surface area contributed by atoms with Crippen LogP contribution < -0.4 is 25.2 Å². The van der Waals surface area contributed by atoms with Crippen molar-refractivity contribution in [2.75, 3.05) is 49.4 Å². The number of unbranched alkanes of at least 4 members (excludes halogenated alkanes) is 2. The van der Waals surface area contributed by atoms with E-state index in [-0.39, 0.29) is 53.8 Å². The molecule has 4 aromatic rings. The number of ether oxygens (including phenoxy) is 3. The van der Waals surface area contributed by atoms with E-state index in [0.717, 1.165) is 33.7 Å². The van der Waals surface area contributed by atoms with E-state index in [4.69, 9.17) is 33.0 Å². The van der Waals surface area contributed by atoms with Gasteiger partial charge < -0.3 is 34.6 Å². The van der Waals surface area contributed by atoms with Crippen LogP contribution in [0.15, 0.2) is 66.2 Å². The summed E-state index contributed by atoms with van der Waals surface area (Å²) in [5, 5.41) is 6.24. The molecule has 2 aliphatic heterocycles. The van der Waals surface area contributed by atoms with E-state index in [1.54, 1.807) is 66.2 Å². The molecule has 3 aromatic carbocycles. The van der Waals surface area contributed by atoms with Gasteiger partial charge in [-0.2, -0.15) is 0 Å². The Labute approximate surface area is 421 Å². The van der Waals surface area contributed by atoms with Gasteiger partial charge in [-0.15, -0.1) is 11.3 Å². The monoisotopic (exact) mass is 995 g/mol. The molecule has 2 N–H and O–H groups in total. The number of halogens is 1. The minimum Gasteiger partial charge on any atom is -0.491 e. The molecule has 0 spiro atoms. The SMILES string of the molecule is [C-]#[N+]c1ccc(N2C(=O)C(C)(C)N(c3ccc(OCCCCOCCCCOCC(=O)N[C@H](C(=O)N4C[C@H](C)C[C@H]4C(=O)N[C@@H](C)c4ccc(-c5scnc5C)cc4)C(C)(C)C)c(F)c3)C2=S)cc1C. The Hall–Kier alpha value is -5.80. The molecule has 70 heavy (non-hydrogen) atoms. The number of carbonyl (C=O) groups excluding carboxylic acids is 4. The fourth-order valence-electron chi connectivity index (χ4n) is 8.72. The molecule has 1 aromatic heterocycles. The summed E-state index contributed by atoms with van der Waals surface area (Å²) in [7, 11) is 0. The zero-order chi connectivity index (χ0) is 50.9. The molecule has 374 valence electrons. The molecule has 2 aliphatic rings. The second kappa shape index (κ2) is 23.4. The molecule has 0 radical (unpaired) electrons. The number of likely N-dealkylation sites (tertiary alicyclic amines) is 1. The van der Waals surface area contributed by atoms with Crippen molar-refractivity contribution in [3.05, 3.63) is 100 Å². The van der Waals surface area contributed by atoms with E-state index in [1.807, 2.05) is 71.3 Å². The van der Waals surface area contributed by atoms with E-state index in [9.17, 15) is 19.2 Å². The van der Waals surface area contributed by atoms with Crippen LogP contribution in [0.1, 0.15) is 103 Å². The van der Waals surface area contributed by atoms with Crippen molar-refractivity contribution in [3.63, 3.8) is 0 Å². The summed E-state index contributed by atoms with van der Waals surface area (Å²) in [4.78, 5) is 68.2. The largest absolute Gasteiger partial charge is 0.491 e. The summed E-state index contributed by atoms with van der Waals surface area (Å²) < 4.78 is 32.5. The Morgan fingerprint density at radius 1 is 0.957 bits per heavy atom. The topological polar surface area (TPSA) is 147 Å². The van der Waals surface area contributed by atoms with Crippen LogP contribution in [-0.4, -0.2) is 95.8 Å². The van der Waals surface area contributed by atoms with Gasteiger partial charge in [0.1, 0.15) is 24.2 Å². The summed E-state index contributed by atoms with van der Waals surface area (Å²) in [5.41, 5.74) is 5.31. The van der Waals surface area contributed by atoms with Crippen LogP contribution in [0.4, 0.5) is 21.5 Å². The molecule has 3 heterocycles. The molecule has 4 atom stereocenters. The zero-order valence-electron chi connectivity index (χ0n) is 41.7. The number of aromatic nitrogens is 1. The summed E-state index contributed by atoms with van der Waals surface area (Å²) in [6, 6.07) is 15.9. The van der Waals surface area contributed by atoms with Gasteiger partial charge in [-0.1, -0.05) is 58.0 Å². The number of carbonyl (C=O) groups is 4. The first-order valence-corrected chi connectivity index (χ1v) is 25.2. The number of nitrogens with zero attached hydrogens (tertiary/aromatic N) is 5. The molecule has 2 fully saturated rings. The maximum Gasteiger partial charge on any atom is 0.259 e. The number of anilines is 2. The first-order chi connectivity index (χ1) is 33.2. The number of rotatable bonds is 21. The summed E-state index contributed by atoms with van der Waals surface area (Å²) in [6.07, 6.45) is 3.27. The number of thiocarbonyl (C=S) groups is 1. The highest BCUT2D eigenvalue weighted by Crippen LogP contribution is 2.39. The van der Waals surface area contributed by atoms with Gasteiger partial charge in [0.25, 0.3) is 5.91 Å². The van der Waals surface area contributed by atoms with Crippen molar-refractivity contribution in [2.45, 2.75) is 118 Å². The third-order valence-electron chi connectivity index (χ3n) is 12.7. The maximum absolute atomic E-state index is 15.3. The quantitative estimate of drug-likeness (QED) is 0.0470. The van der Waals surface area contributed by atoms with Gasteiger partial charge in [-0.05, 0) is 131 Å². The molecule has 6 rings (SSSR count). The van der Waals surface area contributed by atoms with E-state index in [1.165, 1.54) is 17.0 Å². The van der Waals surface area contributed by atoms with E-state index in [0.29, 0.717) is 69.1 Å². The first-order valence-electron chi connectivity index (χ1n) is 23.9. The molecule has 4 amide bonds. The van der Waals surface area contributed by atoms with Gasteiger partial charge in [0.05, 0.1) is 35.3 Å². The highest BCUT2D eigenvalue weighted by atomic mass is 32.1. The van der Waals surface area contributed by atoms with Crippen LogP contribution in [0, 0.1) is 37.6 Å². The Morgan fingerprint density at radius 2 is 1.61 bits per heavy atom. The summed E-state index contributed by atoms with van der Waals surface area (Å²) in [6.45, 7) is 26.1. The normalized spacial score (nSPS) is 17.6. The van der Waals surface area contributed by atoms with Crippen LogP contribution in [-0.2, 0) is 28.7 Å². The number of hydrogen-bond donors (Lipinski definition) is 2. The van der Waals surface area contributed by atoms with Gasteiger partial charge >= 0.3 is 0 Å². The molecule has 0 saturated carbocycles. The Morgan fingerprint density at radius 3 is 2.23 bits per heavy atom. The van der Waals surface area contributed by atoms with Gasteiger partial charge in [-0.25, -0.2) is 14.2 Å². The van der Waals surface area contributed by atoms with Gasteiger partial charge in [-0.3, -0.25) is 24.1 Å². The predicted molar refractivity (Wildman–Crippen MR) is 276 cm³/mol. The van der Waals surface area contributed by atoms with E-state index in [2.05, 4.69) is 20.5 Å². The minimum atomic E-state index is -1.08. The fraction of sp³-hybridized carbons (Fsp3) is 0.491. The zero-order valence-corrected chi connectivity index (χ0v) is 43.4. The second-order valence-electron chi connectivity index (χ2n) is 19.8. The fourth-order valence-corrected chi connectivity index (χ4v) is 10.1. The molecule has 14 nitrogen and oxygen atoms in total. The average Bonchev–Trinajstić information content (AvgIpc) is 3.98. The highest BCUT2D eigenvalue weighted by molar-refractivity contribution is 7.81.